The molecule has 6 heterocycles. The van der Waals surface area contributed by atoms with Gasteiger partial charge in [0.05, 0.1) is 78.6 Å². The largest absolute Gasteiger partial charge is 0.480 e. The predicted molar refractivity (Wildman–Crippen MR) is 367 cm³/mol. The van der Waals surface area contributed by atoms with Crippen molar-refractivity contribution >= 4 is 63.8 Å². The van der Waals surface area contributed by atoms with E-state index in [1.807, 2.05) is 31.2 Å². The summed E-state index contributed by atoms with van der Waals surface area (Å²) in [5.74, 6) is -0.571. The number of rotatable bonds is 19. The monoisotopic (exact) mass is 1440 g/mol. The van der Waals surface area contributed by atoms with E-state index in [9.17, 15) is 44.7 Å². The third kappa shape index (κ3) is 16.4. The second-order valence-electron chi connectivity index (χ2n) is 29.5. The first-order valence-corrected chi connectivity index (χ1v) is 36.5. The van der Waals surface area contributed by atoms with Crippen molar-refractivity contribution in [3.05, 3.63) is 87.8 Å². The van der Waals surface area contributed by atoms with Gasteiger partial charge in [-0.2, -0.15) is 0 Å². The number of nitrogens with zero attached hydrogens (tertiary/aromatic N) is 3. The smallest absolute Gasteiger partial charge is 0.337 e. The zero-order valence-corrected chi connectivity index (χ0v) is 60.5. The number of aromatic nitrogens is 2. The van der Waals surface area contributed by atoms with Crippen LogP contribution in [0.4, 0.5) is 5.69 Å². The Morgan fingerprint density at radius 2 is 1.36 bits per heavy atom. The Hall–Kier alpha value is -5.36. The molecule has 1 unspecified atom stereocenters. The quantitative estimate of drug-likeness (QED) is 0.0246. The highest BCUT2D eigenvalue weighted by Crippen LogP contribution is 2.70. The number of carboxylic acids is 1. The number of nitrogens with one attached hydrogen (secondary N) is 1. The van der Waals surface area contributed by atoms with Gasteiger partial charge in [0.1, 0.15) is 42.0 Å². The zero-order chi connectivity index (χ0) is 72.3. The number of carbonyl (C=O) groups excluding carboxylic acids is 3. The minimum absolute atomic E-state index is 0.0243. The summed E-state index contributed by atoms with van der Waals surface area (Å²) in [4.78, 5) is 50.2. The standard InChI is InChI=1S/C41H64O13.C19H21N3O5.C13H18Cl2N2O2/c1-20-36(46)29(42)16-34(49-20)53-38-22(3)51-35(18-31(38)44)54-37-21(2)50-33(17-30(37)43)52-25-8-11-39(4)24(15-25)6-7-28-27(39)9-12-40(5)26(10-13-41(28,40)47)23-14-32(45)48-19-23;1-9(2)26-19(24)15-11(4)20-10(3)14(18(23)25-5)16(15)12-7-6-8-13-17(12)22-27-21-13;14-5-7-17(8-6-15)11-3-1-10(2-4-11)9-12(16)13(18)19/h14,20-22,24-31,33-38,42-44,46-47H,6-13,15-19H2,1-5H3;6-9,16,20H,1-5H3;1-4,12H,5-9,16H2,(H,18,19)/t20-,21-,22-,24-,25+,26-,27+,28-,29+,30+,31+,33+,34+,35+,36-,37-,38-,39+,40-,41+;;12-/m1.0/s1. The van der Waals surface area contributed by atoms with Crippen molar-refractivity contribution in [1.82, 2.24) is 15.6 Å². The van der Waals surface area contributed by atoms with Crippen molar-refractivity contribution in [3.8, 4) is 0 Å². The highest BCUT2D eigenvalue weighted by atomic mass is 35.5. The number of aliphatic carboxylic acids is 1. The molecule has 9 aliphatic rings. The summed E-state index contributed by atoms with van der Waals surface area (Å²) in [5, 5.41) is 74.6. The lowest BCUT2D eigenvalue weighted by Crippen LogP contribution is -2.62. The van der Waals surface area contributed by atoms with E-state index in [4.69, 9.17) is 81.3 Å². The van der Waals surface area contributed by atoms with Gasteiger partial charge in [0.25, 0.3) is 0 Å². The number of ether oxygens (including phenoxy) is 9. The second kappa shape index (κ2) is 32.8. The Labute approximate surface area is 594 Å². The van der Waals surface area contributed by atoms with E-state index in [1.54, 1.807) is 65.8 Å². The summed E-state index contributed by atoms with van der Waals surface area (Å²) in [6.07, 6.45) is 1.92. The van der Waals surface area contributed by atoms with Gasteiger partial charge in [-0.05, 0) is 187 Å². The molecule has 100 heavy (non-hydrogen) atoms. The Kier molecular flexibility index (Phi) is 25.3. The van der Waals surface area contributed by atoms with E-state index in [1.165, 1.54) is 7.11 Å². The van der Waals surface area contributed by atoms with Gasteiger partial charge in [0.2, 0.25) is 0 Å². The fraction of sp³-hybridized carbons (Fsp3) is 0.699. The Bertz CT molecular complexity index is 3400. The molecule has 12 rings (SSSR count). The number of carbonyl (C=O) groups is 4. The number of alkyl halides is 2. The van der Waals surface area contributed by atoms with E-state index >= 15 is 0 Å². The second-order valence-corrected chi connectivity index (χ2v) is 30.2. The molecule has 7 fully saturated rings. The molecular weight excluding hydrogens is 1340 g/mol. The highest BCUT2D eigenvalue weighted by molar-refractivity contribution is 6.18. The van der Waals surface area contributed by atoms with Crippen LogP contribution < -0.4 is 16.0 Å². The van der Waals surface area contributed by atoms with Crippen LogP contribution in [0.1, 0.15) is 156 Å². The number of benzene rings is 2. The molecule has 4 aliphatic carbocycles. The number of allylic oxidation sites excluding steroid dienone is 2. The number of dihydropyridines is 1. The molecule has 3 aromatic rings. The Balaban J connectivity index is 0.000000194. The van der Waals surface area contributed by atoms with Gasteiger partial charge in [0.15, 0.2) is 18.9 Å². The van der Waals surface area contributed by atoms with Crippen LogP contribution in [0.25, 0.3) is 11.0 Å². The molecule has 22 atom stereocenters. The molecule has 9 N–H and O–H groups in total. The van der Waals surface area contributed by atoms with E-state index in [0.717, 1.165) is 87.7 Å². The van der Waals surface area contributed by atoms with Crippen molar-refractivity contribution in [2.24, 2.45) is 40.2 Å². The van der Waals surface area contributed by atoms with Crippen LogP contribution in [0.2, 0.25) is 0 Å². The number of aliphatic hydroxyl groups is 5. The summed E-state index contributed by atoms with van der Waals surface area (Å²) in [5.41, 5.74) is 11.1. The topological polar surface area (TPSA) is 353 Å². The first kappa shape index (κ1) is 77.3. The zero-order valence-electron chi connectivity index (χ0n) is 59.0. The van der Waals surface area contributed by atoms with Gasteiger partial charge in [0, 0.05) is 72.7 Å². The summed E-state index contributed by atoms with van der Waals surface area (Å²) < 4.78 is 57.5. The summed E-state index contributed by atoms with van der Waals surface area (Å²) in [6, 6.07) is 12.1. The van der Waals surface area contributed by atoms with Crippen molar-refractivity contribution in [3.63, 3.8) is 0 Å². The summed E-state index contributed by atoms with van der Waals surface area (Å²) in [6.45, 7) is 18.9. The number of hydrogen-bond donors (Lipinski definition) is 8. The number of cyclic esters (lactones) is 1. The molecule has 0 spiro atoms. The Morgan fingerprint density at radius 1 is 0.750 bits per heavy atom. The van der Waals surface area contributed by atoms with Gasteiger partial charge in [-0.3, -0.25) is 4.79 Å². The van der Waals surface area contributed by atoms with Gasteiger partial charge in [-0.25, -0.2) is 19.0 Å². The number of anilines is 1. The highest BCUT2D eigenvalue weighted by Gasteiger charge is 2.68. The third-order valence-electron chi connectivity index (χ3n) is 23.0. The van der Waals surface area contributed by atoms with Gasteiger partial charge < -0.3 is 89.2 Å². The molecule has 554 valence electrons. The number of hydrogen-bond acceptors (Lipinski definition) is 24. The molecule has 1 aromatic heterocycles. The number of esters is 3. The number of nitrogens with two attached hydrogens (primary N) is 1. The maximum Gasteiger partial charge on any atom is 0.337 e. The first-order chi connectivity index (χ1) is 47.5. The minimum Gasteiger partial charge on any atom is -0.480 e. The maximum absolute atomic E-state index is 12.9. The average Bonchev–Trinajstić information content (AvgIpc) is 1.41. The summed E-state index contributed by atoms with van der Waals surface area (Å²) >= 11 is 11.5. The van der Waals surface area contributed by atoms with Crippen LogP contribution in [-0.4, -0.2) is 201 Å². The van der Waals surface area contributed by atoms with Gasteiger partial charge in [-0.15, -0.1) is 23.2 Å². The van der Waals surface area contributed by atoms with Crippen LogP contribution in [-0.2, 0) is 68.2 Å². The molecule has 0 amide bonds. The Morgan fingerprint density at radius 3 is 1.93 bits per heavy atom. The SMILES string of the molecule is COC(=O)C1=C(C)NC(C)=C(C(=O)OC(C)C)C1c1cccc2nonc12.C[C@H]1O[C@@H](O[C@H]2[C@@H](O)C[C@H](O[C@H]3[C@@H](O)C[C@H](O[C@H]4CC[C@@]5(C)[C@H](CC[C@@H]6[C@@H]5CC[C@]5(C)[C@@H](C7=CC(=O)OC7)CC[C@]65O)C4)O[C@@H]3C)O[C@@H]2C)C[C@H](O)[C@@H]1O.N[C@@H](Cc1ccc(N(CCCl)CCCl)cc1)C(=O)O. The normalized spacial score (nSPS) is 36.7. The predicted octanol–water partition coefficient (Wildman–Crippen LogP) is 7.75. The van der Waals surface area contributed by atoms with Crippen LogP contribution in [0.5, 0.6) is 0 Å². The molecular formula is C73H103Cl2N5O20. The number of halogens is 2. The van der Waals surface area contributed by atoms with Gasteiger partial charge >= 0.3 is 23.9 Å². The lowest BCUT2D eigenvalue weighted by molar-refractivity contribution is -0.336. The third-order valence-corrected chi connectivity index (χ3v) is 23.3. The molecule has 0 radical (unpaired) electrons. The van der Waals surface area contributed by atoms with Crippen molar-refractivity contribution in [1.29, 1.82) is 0 Å². The average molecular weight is 1440 g/mol. The molecule has 25 nitrogen and oxygen atoms in total. The lowest BCUT2D eigenvalue weighted by atomic mass is 9.43. The van der Waals surface area contributed by atoms with Crippen molar-refractivity contribution in [2.75, 3.05) is 43.5 Å². The molecule has 0 bridgehead atoms. The number of carboxylic acid groups (broad SMARTS) is 1. The van der Waals surface area contributed by atoms with Crippen molar-refractivity contribution in [2.45, 2.75) is 249 Å². The van der Waals surface area contributed by atoms with Crippen LogP contribution >= 0.6 is 23.2 Å². The number of aliphatic hydroxyl groups excluding tert-OH is 4. The lowest BCUT2D eigenvalue weighted by Gasteiger charge is -2.64. The molecule has 5 aliphatic heterocycles. The maximum atomic E-state index is 12.9. The molecule has 27 heteroatoms. The molecule has 2 aromatic carbocycles. The first-order valence-electron chi connectivity index (χ1n) is 35.4. The van der Waals surface area contributed by atoms with Crippen LogP contribution in [0.15, 0.2) is 81.3 Å². The fourth-order valence-electron chi connectivity index (χ4n) is 17.8. The summed E-state index contributed by atoms with van der Waals surface area (Å²) in [7, 11) is 1.30. The minimum atomic E-state index is -0.996. The van der Waals surface area contributed by atoms with Crippen molar-refractivity contribution < 1.29 is 97.1 Å². The van der Waals surface area contributed by atoms with Crippen LogP contribution in [0.3, 0.4) is 0 Å². The molecule has 4 saturated carbocycles. The van der Waals surface area contributed by atoms with E-state index in [2.05, 4.69) is 34.4 Å². The number of fused-ring (bicyclic) bond motifs is 6. The fourth-order valence-corrected chi connectivity index (χ4v) is 18.2. The van der Waals surface area contributed by atoms with Gasteiger partial charge in [-0.1, -0.05) is 38.1 Å². The van der Waals surface area contributed by atoms with E-state index < -0.39 is 109 Å². The number of methoxy groups -OCH3 is 1. The van der Waals surface area contributed by atoms with E-state index in [0.29, 0.717) is 75.8 Å². The molecule has 3 saturated heterocycles. The van der Waals surface area contributed by atoms with E-state index in [-0.39, 0.29) is 60.1 Å². The van der Waals surface area contributed by atoms with Crippen LogP contribution in [0, 0.1) is 34.5 Å².